The molecule has 0 aliphatic rings. The van der Waals surface area contributed by atoms with Crippen molar-refractivity contribution in [3.8, 4) is 33.4 Å². The second kappa shape index (κ2) is 10.0. The lowest BCUT2D eigenvalue weighted by atomic mass is 9.91. The first-order valence-electron chi connectivity index (χ1n) is 15.2. The van der Waals surface area contributed by atoms with Gasteiger partial charge in [0.25, 0.3) is 0 Å². The first-order valence-corrected chi connectivity index (χ1v) is 15.2. The minimum absolute atomic E-state index is 0.00107. The molecule has 2 nitrogen and oxygen atoms in total. The van der Waals surface area contributed by atoms with Crippen LogP contribution < -0.4 is 5.43 Å². The van der Waals surface area contributed by atoms with Crippen LogP contribution in [0.15, 0.2) is 167 Å². The maximum Gasteiger partial charge on any atom is 0.200 e. The maximum absolute atomic E-state index is 13.1. The second-order valence-electron chi connectivity index (χ2n) is 11.7. The van der Waals surface area contributed by atoms with Gasteiger partial charge in [0.15, 0.2) is 0 Å². The summed E-state index contributed by atoms with van der Waals surface area (Å²) in [5.74, 6) is 0. The molecule has 210 valence electrons. The summed E-state index contributed by atoms with van der Waals surface area (Å²) < 4.78 is 6.15. The van der Waals surface area contributed by atoms with Crippen molar-refractivity contribution in [3.63, 3.8) is 0 Å². The molecule has 0 amide bonds. The molecule has 0 unspecified atom stereocenters. The molecule has 0 atom stereocenters. The Hall–Kier alpha value is -5.99. The highest BCUT2D eigenvalue weighted by atomic mass is 16.3. The molecule has 0 saturated heterocycles. The Bertz CT molecular complexity index is 2640. The van der Waals surface area contributed by atoms with Gasteiger partial charge in [-0.15, -0.1) is 0 Å². The van der Waals surface area contributed by atoms with Crippen LogP contribution in [0, 0.1) is 0 Å². The molecular weight excluding hydrogens is 548 g/mol. The van der Waals surface area contributed by atoms with Gasteiger partial charge < -0.3 is 4.42 Å². The lowest BCUT2D eigenvalue weighted by Crippen LogP contribution is -2.01. The lowest BCUT2D eigenvalue weighted by molar-refractivity contribution is 0.660. The van der Waals surface area contributed by atoms with Crippen LogP contribution in [0.25, 0.3) is 87.6 Å². The lowest BCUT2D eigenvalue weighted by Gasteiger charge is -2.13. The van der Waals surface area contributed by atoms with Crippen LogP contribution in [0.3, 0.4) is 0 Å². The molecular formula is C43H26O2. The van der Waals surface area contributed by atoms with Crippen molar-refractivity contribution in [3.05, 3.63) is 168 Å². The van der Waals surface area contributed by atoms with E-state index in [0.29, 0.717) is 21.9 Å². The Morgan fingerprint density at radius 3 is 1.27 bits per heavy atom. The summed E-state index contributed by atoms with van der Waals surface area (Å²) in [5.41, 5.74) is 7.93. The quantitative estimate of drug-likeness (QED) is 0.155. The van der Waals surface area contributed by atoms with Crippen molar-refractivity contribution in [2.24, 2.45) is 0 Å². The maximum atomic E-state index is 13.1. The fourth-order valence-electron chi connectivity index (χ4n) is 6.82. The number of hydrogen-bond acceptors (Lipinski definition) is 2. The topological polar surface area (TPSA) is 30.2 Å². The van der Waals surface area contributed by atoms with Crippen LogP contribution in [0.1, 0.15) is 0 Å². The van der Waals surface area contributed by atoms with Gasteiger partial charge in [-0.1, -0.05) is 115 Å². The van der Waals surface area contributed by atoms with Crippen molar-refractivity contribution in [2.75, 3.05) is 0 Å². The van der Waals surface area contributed by atoms with Crippen LogP contribution in [0.2, 0.25) is 0 Å². The Morgan fingerprint density at radius 1 is 0.289 bits per heavy atom. The molecule has 1 aromatic heterocycles. The molecule has 1 heterocycles. The highest BCUT2D eigenvalue weighted by molar-refractivity contribution is 6.25. The smallest absolute Gasteiger partial charge is 0.200 e. The SMILES string of the molecule is O=c1c2ccccc2oc2cc(-c3cccc(-c4cccc(-c5ccc6c7ccccc7c7ccccc7c6c5)c4)c3)ccc12. The van der Waals surface area contributed by atoms with E-state index in [1.165, 1.54) is 43.4 Å². The highest BCUT2D eigenvalue weighted by Crippen LogP contribution is 2.38. The average molecular weight is 575 g/mol. The molecule has 8 aromatic carbocycles. The molecule has 0 fully saturated rings. The Labute approximate surface area is 259 Å². The standard InChI is InChI=1S/C43H26O2/c44-43-38-17-5-6-18-41(38)45-42-26-32(20-22-39(42)43)30-12-8-10-28(24-30)27-9-7-11-29(23-27)31-19-21-37-35-15-2-1-13-33(35)34-14-3-4-16-36(34)40(37)25-31/h1-26H. The summed E-state index contributed by atoms with van der Waals surface area (Å²) in [6.07, 6.45) is 0. The van der Waals surface area contributed by atoms with E-state index >= 15 is 0 Å². The van der Waals surface area contributed by atoms with Gasteiger partial charge in [0, 0.05) is 0 Å². The summed E-state index contributed by atoms with van der Waals surface area (Å²) in [5, 5.41) is 8.87. The molecule has 0 radical (unpaired) electrons. The molecule has 0 spiro atoms. The fourth-order valence-corrected chi connectivity index (χ4v) is 6.82. The predicted molar refractivity (Wildman–Crippen MR) is 189 cm³/mol. The van der Waals surface area contributed by atoms with Gasteiger partial charge in [-0.3, -0.25) is 4.79 Å². The Balaban J connectivity index is 1.13. The Morgan fingerprint density at radius 2 is 0.689 bits per heavy atom. The van der Waals surface area contributed by atoms with Gasteiger partial charge in [0.2, 0.25) is 5.43 Å². The third-order valence-corrected chi connectivity index (χ3v) is 9.05. The first-order chi connectivity index (χ1) is 22.2. The zero-order valence-electron chi connectivity index (χ0n) is 24.3. The molecule has 9 rings (SSSR count). The van der Waals surface area contributed by atoms with Crippen LogP contribution in [-0.2, 0) is 0 Å². The number of para-hydroxylation sites is 1. The monoisotopic (exact) mass is 574 g/mol. The van der Waals surface area contributed by atoms with Gasteiger partial charge in [0.1, 0.15) is 11.2 Å². The van der Waals surface area contributed by atoms with E-state index in [1.54, 1.807) is 0 Å². The van der Waals surface area contributed by atoms with E-state index in [-0.39, 0.29) is 5.43 Å². The molecule has 45 heavy (non-hydrogen) atoms. The van der Waals surface area contributed by atoms with Crippen molar-refractivity contribution in [1.29, 1.82) is 0 Å². The normalized spacial score (nSPS) is 11.6. The van der Waals surface area contributed by atoms with Gasteiger partial charge >= 0.3 is 0 Å². The fraction of sp³-hybridized carbons (Fsp3) is 0. The zero-order valence-corrected chi connectivity index (χ0v) is 24.3. The van der Waals surface area contributed by atoms with Crippen molar-refractivity contribution < 1.29 is 4.42 Å². The van der Waals surface area contributed by atoms with Gasteiger partial charge in [0.05, 0.1) is 10.8 Å². The van der Waals surface area contributed by atoms with E-state index in [1.807, 2.05) is 42.5 Å². The van der Waals surface area contributed by atoms with Crippen LogP contribution >= 0.6 is 0 Å². The number of fused-ring (bicyclic) bond motifs is 8. The molecule has 0 saturated carbocycles. The zero-order chi connectivity index (χ0) is 29.9. The average Bonchev–Trinajstić information content (AvgIpc) is 3.11. The molecule has 0 bridgehead atoms. The highest BCUT2D eigenvalue weighted by Gasteiger charge is 2.12. The van der Waals surface area contributed by atoms with E-state index < -0.39 is 0 Å². The van der Waals surface area contributed by atoms with Crippen molar-refractivity contribution in [2.45, 2.75) is 0 Å². The molecule has 0 aliphatic carbocycles. The van der Waals surface area contributed by atoms with Crippen LogP contribution in [-0.4, -0.2) is 0 Å². The van der Waals surface area contributed by atoms with E-state index in [4.69, 9.17) is 4.42 Å². The molecule has 2 heteroatoms. The Kier molecular flexibility index (Phi) is 5.69. The number of hydrogen-bond donors (Lipinski definition) is 0. The first kappa shape index (κ1) is 25.5. The van der Waals surface area contributed by atoms with Crippen molar-refractivity contribution in [1.82, 2.24) is 0 Å². The van der Waals surface area contributed by atoms with E-state index in [9.17, 15) is 4.79 Å². The van der Waals surface area contributed by atoms with Gasteiger partial charge in [-0.25, -0.2) is 0 Å². The summed E-state index contributed by atoms with van der Waals surface area (Å²) in [7, 11) is 0. The van der Waals surface area contributed by atoms with Crippen LogP contribution in [0.4, 0.5) is 0 Å². The number of rotatable bonds is 3. The molecule has 0 N–H and O–H groups in total. The summed E-state index contributed by atoms with van der Waals surface area (Å²) in [6.45, 7) is 0. The second-order valence-corrected chi connectivity index (χ2v) is 11.7. The summed E-state index contributed by atoms with van der Waals surface area (Å²) in [6, 6.07) is 54.8. The van der Waals surface area contributed by atoms with Gasteiger partial charge in [-0.05, 0) is 108 Å². The summed E-state index contributed by atoms with van der Waals surface area (Å²) in [4.78, 5) is 13.1. The number of benzene rings is 8. The van der Waals surface area contributed by atoms with Gasteiger partial charge in [-0.2, -0.15) is 0 Å². The molecule has 9 aromatic rings. The minimum Gasteiger partial charge on any atom is -0.456 e. The third kappa shape index (κ3) is 4.15. The van der Waals surface area contributed by atoms with E-state index in [0.717, 1.165) is 22.3 Å². The van der Waals surface area contributed by atoms with Crippen LogP contribution in [0.5, 0.6) is 0 Å². The third-order valence-electron chi connectivity index (χ3n) is 9.05. The molecule has 0 aliphatic heterocycles. The van der Waals surface area contributed by atoms with Crippen molar-refractivity contribution >= 4 is 54.3 Å². The van der Waals surface area contributed by atoms with E-state index in [2.05, 4.69) is 115 Å². The predicted octanol–water partition coefficient (Wildman–Crippen LogP) is 11.4. The largest absolute Gasteiger partial charge is 0.456 e. The summed E-state index contributed by atoms with van der Waals surface area (Å²) >= 11 is 0. The minimum atomic E-state index is -0.00107.